The summed E-state index contributed by atoms with van der Waals surface area (Å²) in [5, 5.41) is 4.83. The van der Waals surface area contributed by atoms with Crippen LogP contribution in [0, 0.1) is 20.8 Å². The summed E-state index contributed by atoms with van der Waals surface area (Å²) in [7, 11) is 1.96. The van der Waals surface area contributed by atoms with Gasteiger partial charge in [0, 0.05) is 16.1 Å². The lowest BCUT2D eigenvalue weighted by molar-refractivity contribution is 0.589. The van der Waals surface area contributed by atoms with Crippen LogP contribution in [0.25, 0.3) is 0 Å². The third-order valence-corrected chi connectivity index (χ3v) is 4.51. The maximum Gasteiger partial charge on any atom is 0.0454 e. The smallest absolute Gasteiger partial charge is 0.0454 e. The Balaban J connectivity index is 2.38. The van der Waals surface area contributed by atoms with Crippen molar-refractivity contribution in [2.45, 2.75) is 33.2 Å². The summed E-state index contributed by atoms with van der Waals surface area (Å²) >= 11 is 12.5. The van der Waals surface area contributed by atoms with Crippen LogP contribution in [-0.4, -0.2) is 7.05 Å². The van der Waals surface area contributed by atoms with Crippen LogP contribution in [0.2, 0.25) is 10.0 Å². The maximum absolute atomic E-state index is 6.34. The highest BCUT2D eigenvalue weighted by Crippen LogP contribution is 2.30. The molecule has 0 amide bonds. The van der Waals surface area contributed by atoms with Crippen LogP contribution >= 0.6 is 23.2 Å². The van der Waals surface area contributed by atoms with E-state index in [9.17, 15) is 0 Å². The molecular weight excluding hydrogens is 301 g/mol. The first kappa shape index (κ1) is 16.4. The highest BCUT2D eigenvalue weighted by molar-refractivity contribution is 6.33. The zero-order valence-electron chi connectivity index (χ0n) is 12.9. The van der Waals surface area contributed by atoms with Gasteiger partial charge in [0.05, 0.1) is 0 Å². The molecule has 1 N–H and O–H groups in total. The van der Waals surface area contributed by atoms with E-state index in [2.05, 4.69) is 38.2 Å². The van der Waals surface area contributed by atoms with E-state index in [4.69, 9.17) is 23.2 Å². The topological polar surface area (TPSA) is 12.0 Å². The molecule has 0 spiro atoms. The second-order valence-corrected chi connectivity index (χ2v) is 6.43. The molecule has 1 atom stereocenters. The number of benzene rings is 2. The van der Waals surface area contributed by atoms with Crippen LogP contribution in [0.3, 0.4) is 0 Å². The fourth-order valence-electron chi connectivity index (χ4n) is 2.89. The number of hydrogen-bond donors (Lipinski definition) is 1. The van der Waals surface area contributed by atoms with Gasteiger partial charge in [-0.05, 0) is 74.7 Å². The van der Waals surface area contributed by atoms with E-state index >= 15 is 0 Å². The second-order valence-electron chi connectivity index (χ2n) is 5.59. The van der Waals surface area contributed by atoms with Crippen LogP contribution in [0.4, 0.5) is 0 Å². The highest BCUT2D eigenvalue weighted by atomic mass is 35.5. The Morgan fingerprint density at radius 3 is 2.19 bits per heavy atom. The summed E-state index contributed by atoms with van der Waals surface area (Å²) in [6.07, 6.45) is 0.897. The van der Waals surface area contributed by atoms with Crippen molar-refractivity contribution < 1.29 is 0 Å². The molecule has 0 aromatic heterocycles. The first-order valence-electron chi connectivity index (χ1n) is 7.11. The van der Waals surface area contributed by atoms with Crippen molar-refractivity contribution in [3.05, 3.63) is 68.2 Å². The van der Waals surface area contributed by atoms with Gasteiger partial charge in [0.2, 0.25) is 0 Å². The maximum atomic E-state index is 6.34. The zero-order valence-corrected chi connectivity index (χ0v) is 14.4. The first-order valence-corrected chi connectivity index (χ1v) is 7.87. The Morgan fingerprint density at radius 1 is 1.00 bits per heavy atom. The monoisotopic (exact) mass is 321 g/mol. The molecule has 0 heterocycles. The Labute approximate surface area is 137 Å². The van der Waals surface area contributed by atoms with Gasteiger partial charge in [0.15, 0.2) is 0 Å². The summed E-state index contributed by atoms with van der Waals surface area (Å²) in [6.45, 7) is 6.47. The predicted octanol–water partition coefficient (Wildman–Crippen LogP) is 5.42. The van der Waals surface area contributed by atoms with Gasteiger partial charge >= 0.3 is 0 Å². The molecule has 2 aromatic rings. The largest absolute Gasteiger partial charge is 0.313 e. The molecule has 0 saturated heterocycles. The molecule has 1 nitrogen and oxygen atoms in total. The van der Waals surface area contributed by atoms with E-state index in [1.165, 1.54) is 22.3 Å². The molecule has 0 fully saturated rings. The van der Waals surface area contributed by atoms with Crippen LogP contribution in [0.1, 0.15) is 33.9 Å². The van der Waals surface area contributed by atoms with Gasteiger partial charge in [0.25, 0.3) is 0 Å². The van der Waals surface area contributed by atoms with Gasteiger partial charge in [-0.1, -0.05) is 40.9 Å². The molecule has 2 rings (SSSR count). The highest BCUT2D eigenvalue weighted by Gasteiger charge is 2.16. The molecule has 21 heavy (non-hydrogen) atoms. The fraction of sp³-hybridized carbons (Fsp3) is 0.333. The Hall–Kier alpha value is -1.02. The van der Waals surface area contributed by atoms with Gasteiger partial charge in [-0.25, -0.2) is 0 Å². The molecule has 1 unspecified atom stereocenters. The minimum Gasteiger partial charge on any atom is -0.313 e. The number of aryl methyl sites for hydroxylation is 3. The number of likely N-dealkylation sites (N-methyl/N-ethyl adjacent to an activating group) is 1. The first-order chi connectivity index (χ1) is 9.92. The van der Waals surface area contributed by atoms with Gasteiger partial charge < -0.3 is 5.32 Å². The third kappa shape index (κ3) is 3.79. The SMILES string of the molecule is CNC(Cc1c(C)cc(C)cc1C)c1cc(Cl)ccc1Cl. The quantitative estimate of drug-likeness (QED) is 0.792. The molecule has 3 heteroatoms. The standard InChI is InChI=1S/C18H21Cl2N/c1-11-7-12(2)15(13(3)8-11)10-18(21-4)16-9-14(19)5-6-17(16)20/h5-9,18,21H,10H2,1-4H3. The Morgan fingerprint density at radius 2 is 1.62 bits per heavy atom. The summed E-state index contributed by atoms with van der Waals surface area (Å²) in [5.41, 5.74) is 6.37. The van der Waals surface area contributed by atoms with Gasteiger partial charge in [-0.2, -0.15) is 0 Å². The van der Waals surface area contributed by atoms with Crippen molar-refractivity contribution in [2.75, 3.05) is 7.05 Å². The van der Waals surface area contributed by atoms with Crippen molar-refractivity contribution in [1.29, 1.82) is 0 Å². The van der Waals surface area contributed by atoms with Crippen molar-refractivity contribution in [3.63, 3.8) is 0 Å². The van der Waals surface area contributed by atoms with Gasteiger partial charge in [-0.15, -0.1) is 0 Å². The van der Waals surface area contributed by atoms with E-state index in [-0.39, 0.29) is 6.04 Å². The molecule has 0 radical (unpaired) electrons. The normalized spacial score (nSPS) is 12.5. The third-order valence-electron chi connectivity index (χ3n) is 3.93. The average Bonchev–Trinajstić information content (AvgIpc) is 2.41. The van der Waals surface area contributed by atoms with Crippen molar-refractivity contribution in [1.82, 2.24) is 5.32 Å². The van der Waals surface area contributed by atoms with E-state index in [1.807, 2.05) is 25.2 Å². The molecule has 0 aliphatic carbocycles. The second kappa shape index (κ2) is 6.83. The molecule has 0 aliphatic heterocycles. The lowest BCUT2D eigenvalue weighted by Crippen LogP contribution is -2.20. The minimum absolute atomic E-state index is 0.149. The molecule has 0 bridgehead atoms. The Kier molecular flexibility index (Phi) is 5.32. The molecule has 0 saturated carbocycles. The van der Waals surface area contributed by atoms with Crippen LogP contribution in [0.5, 0.6) is 0 Å². The molecular formula is C18H21Cl2N. The van der Waals surface area contributed by atoms with Crippen molar-refractivity contribution in [3.8, 4) is 0 Å². The fourth-order valence-corrected chi connectivity index (χ4v) is 3.31. The van der Waals surface area contributed by atoms with E-state index in [0.717, 1.165) is 17.0 Å². The Bertz CT molecular complexity index is 627. The number of nitrogens with one attached hydrogen (secondary N) is 1. The summed E-state index contributed by atoms with van der Waals surface area (Å²) in [4.78, 5) is 0. The zero-order chi connectivity index (χ0) is 15.6. The van der Waals surface area contributed by atoms with Crippen molar-refractivity contribution in [2.24, 2.45) is 0 Å². The van der Waals surface area contributed by atoms with E-state index in [1.54, 1.807) is 0 Å². The number of rotatable bonds is 4. The van der Waals surface area contributed by atoms with E-state index < -0.39 is 0 Å². The van der Waals surface area contributed by atoms with Crippen LogP contribution in [0.15, 0.2) is 30.3 Å². The summed E-state index contributed by atoms with van der Waals surface area (Å²) in [5.74, 6) is 0. The lowest BCUT2D eigenvalue weighted by Gasteiger charge is -2.21. The van der Waals surface area contributed by atoms with Crippen LogP contribution in [-0.2, 0) is 6.42 Å². The van der Waals surface area contributed by atoms with Gasteiger partial charge in [0.1, 0.15) is 0 Å². The summed E-state index contributed by atoms with van der Waals surface area (Å²) < 4.78 is 0. The number of hydrogen-bond acceptors (Lipinski definition) is 1. The molecule has 112 valence electrons. The predicted molar refractivity (Wildman–Crippen MR) is 92.6 cm³/mol. The van der Waals surface area contributed by atoms with Crippen LogP contribution < -0.4 is 5.32 Å². The van der Waals surface area contributed by atoms with E-state index in [0.29, 0.717) is 5.02 Å². The minimum atomic E-state index is 0.149. The molecule has 0 aliphatic rings. The summed E-state index contributed by atoms with van der Waals surface area (Å²) in [6, 6.07) is 10.2. The molecule has 2 aromatic carbocycles. The van der Waals surface area contributed by atoms with Crippen molar-refractivity contribution >= 4 is 23.2 Å². The average molecular weight is 322 g/mol. The van der Waals surface area contributed by atoms with Gasteiger partial charge in [-0.3, -0.25) is 0 Å². The lowest BCUT2D eigenvalue weighted by atomic mass is 9.91. The number of halogens is 2.